The van der Waals surface area contributed by atoms with Gasteiger partial charge >= 0.3 is 0 Å². The molecular formula is C27H32N4O2. The maximum absolute atomic E-state index is 11.8. The van der Waals surface area contributed by atoms with Crippen molar-refractivity contribution in [3.8, 4) is 5.75 Å². The van der Waals surface area contributed by atoms with Crippen molar-refractivity contribution in [1.82, 2.24) is 16.0 Å². The standard InChI is InChI=1S/C27H32N4O2/c1-28-26(32)24-10-6-9-22(19-24)16-18-31-27(29-2)30-17-15-21-11-13-25(14-12-21)33-20-23-7-4-3-5-8-23/h3-14,19H,15-18,20H2,1-2H3,(H,28,32)(H2,29,30,31). The molecule has 0 heterocycles. The molecule has 172 valence electrons. The van der Waals surface area contributed by atoms with E-state index in [1.54, 1.807) is 14.1 Å². The highest BCUT2D eigenvalue weighted by Crippen LogP contribution is 2.14. The van der Waals surface area contributed by atoms with Crippen LogP contribution >= 0.6 is 0 Å². The molecule has 0 radical (unpaired) electrons. The quantitative estimate of drug-likeness (QED) is 0.330. The van der Waals surface area contributed by atoms with Crippen molar-refractivity contribution in [1.29, 1.82) is 0 Å². The molecule has 0 bridgehead atoms. The van der Waals surface area contributed by atoms with E-state index in [0.717, 1.165) is 48.8 Å². The summed E-state index contributed by atoms with van der Waals surface area (Å²) in [5, 5.41) is 9.33. The largest absolute Gasteiger partial charge is 0.489 e. The molecule has 1 amide bonds. The highest BCUT2D eigenvalue weighted by molar-refractivity contribution is 5.94. The Morgan fingerprint density at radius 3 is 2.15 bits per heavy atom. The van der Waals surface area contributed by atoms with Crippen LogP contribution in [0.25, 0.3) is 0 Å². The molecule has 0 aliphatic carbocycles. The molecule has 3 aromatic carbocycles. The smallest absolute Gasteiger partial charge is 0.251 e. The molecule has 33 heavy (non-hydrogen) atoms. The van der Waals surface area contributed by atoms with Crippen LogP contribution in [0.3, 0.4) is 0 Å². The average Bonchev–Trinajstić information content (AvgIpc) is 2.87. The van der Waals surface area contributed by atoms with Gasteiger partial charge in [0.2, 0.25) is 0 Å². The van der Waals surface area contributed by atoms with Gasteiger partial charge in [-0.2, -0.15) is 0 Å². The summed E-state index contributed by atoms with van der Waals surface area (Å²) in [6.07, 6.45) is 1.68. The topological polar surface area (TPSA) is 74.8 Å². The van der Waals surface area contributed by atoms with Crippen molar-refractivity contribution in [3.63, 3.8) is 0 Å². The SMILES string of the molecule is CN=C(NCCc1ccc(OCc2ccccc2)cc1)NCCc1cccc(C(=O)NC)c1. The molecule has 0 aliphatic rings. The Balaban J connectivity index is 1.37. The number of nitrogens with zero attached hydrogens (tertiary/aromatic N) is 1. The van der Waals surface area contributed by atoms with Crippen molar-refractivity contribution in [2.45, 2.75) is 19.4 Å². The molecule has 3 aromatic rings. The van der Waals surface area contributed by atoms with Gasteiger partial charge in [-0.1, -0.05) is 54.6 Å². The molecule has 0 atom stereocenters. The van der Waals surface area contributed by atoms with Crippen LogP contribution in [-0.2, 0) is 19.4 Å². The molecule has 0 saturated carbocycles. The molecule has 6 nitrogen and oxygen atoms in total. The Morgan fingerprint density at radius 1 is 0.818 bits per heavy atom. The van der Waals surface area contributed by atoms with Crippen LogP contribution < -0.4 is 20.7 Å². The molecule has 0 fully saturated rings. The van der Waals surface area contributed by atoms with E-state index in [-0.39, 0.29) is 5.91 Å². The van der Waals surface area contributed by atoms with E-state index < -0.39 is 0 Å². The lowest BCUT2D eigenvalue weighted by Gasteiger charge is -2.12. The second kappa shape index (κ2) is 12.9. The summed E-state index contributed by atoms with van der Waals surface area (Å²) in [5.74, 6) is 1.56. The average molecular weight is 445 g/mol. The third kappa shape index (κ3) is 8.00. The number of nitrogens with one attached hydrogen (secondary N) is 3. The van der Waals surface area contributed by atoms with Gasteiger partial charge < -0.3 is 20.7 Å². The number of carbonyl (C=O) groups is 1. The number of aliphatic imine (C=N–C) groups is 1. The minimum absolute atomic E-state index is 0.0712. The predicted molar refractivity (Wildman–Crippen MR) is 134 cm³/mol. The third-order valence-corrected chi connectivity index (χ3v) is 5.22. The van der Waals surface area contributed by atoms with Gasteiger partial charge in [-0.3, -0.25) is 9.79 Å². The first-order valence-corrected chi connectivity index (χ1v) is 11.2. The van der Waals surface area contributed by atoms with Crippen LogP contribution in [0.2, 0.25) is 0 Å². The zero-order valence-corrected chi connectivity index (χ0v) is 19.3. The summed E-state index contributed by atoms with van der Waals surface area (Å²) in [7, 11) is 3.40. The summed E-state index contributed by atoms with van der Waals surface area (Å²) in [6.45, 7) is 2.07. The number of amides is 1. The maximum Gasteiger partial charge on any atom is 0.251 e. The van der Waals surface area contributed by atoms with Crippen molar-refractivity contribution in [2.75, 3.05) is 27.2 Å². The van der Waals surface area contributed by atoms with E-state index in [1.807, 2.05) is 54.6 Å². The Bertz CT molecular complexity index is 1030. The van der Waals surface area contributed by atoms with Crippen LogP contribution in [0.4, 0.5) is 0 Å². The predicted octanol–water partition coefficient (Wildman–Crippen LogP) is 3.58. The van der Waals surface area contributed by atoms with Crippen LogP contribution in [0.15, 0.2) is 83.9 Å². The Hall–Kier alpha value is -3.80. The normalized spacial score (nSPS) is 11.0. The van der Waals surface area contributed by atoms with Gasteiger partial charge in [-0.15, -0.1) is 0 Å². The highest BCUT2D eigenvalue weighted by Gasteiger charge is 2.04. The third-order valence-electron chi connectivity index (χ3n) is 5.22. The molecule has 3 rings (SSSR count). The number of ether oxygens (including phenoxy) is 1. The number of guanidine groups is 1. The summed E-state index contributed by atoms with van der Waals surface area (Å²) in [6, 6.07) is 26.0. The molecule has 6 heteroatoms. The molecule has 0 saturated heterocycles. The number of hydrogen-bond donors (Lipinski definition) is 3. The molecule has 0 aromatic heterocycles. The van der Waals surface area contributed by atoms with E-state index in [2.05, 4.69) is 45.2 Å². The number of rotatable bonds is 10. The number of carbonyl (C=O) groups excluding carboxylic acids is 1. The first-order valence-electron chi connectivity index (χ1n) is 11.2. The summed E-state index contributed by atoms with van der Waals surface area (Å²) >= 11 is 0. The second-order valence-corrected chi connectivity index (χ2v) is 7.62. The summed E-state index contributed by atoms with van der Waals surface area (Å²) in [4.78, 5) is 16.1. The Labute approximate surface area is 196 Å². The summed E-state index contributed by atoms with van der Waals surface area (Å²) in [5.41, 5.74) is 4.17. The van der Waals surface area contributed by atoms with E-state index in [1.165, 1.54) is 5.56 Å². The van der Waals surface area contributed by atoms with Gasteiger partial charge in [0, 0.05) is 32.7 Å². The van der Waals surface area contributed by atoms with Crippen LogP contribution in [0, 0.1) is 0 Å². The fraction of sp³-hybridized carbons (Fsp3) is 0.259. The van der Waals surface area contributed by atoms with Gasteiger partial charge in [0.1, 0.15) is 12.4 Å². The van der Waals surface area contributed by atoms with Crippen molar-refractivity contribution >= 4 is 11.9 Å². The Morgan fingerprint density at radius 2 is 1.48 bits per heavy atom. The number of hydrogen-bond acceptors (Lipinski definition) is 3. The van der Waals surface area contributed by atoms with Gasteiger partial charge in [-0.05, 0) is 53.8 Å². The molecule has 0 unspecified atom stereocenters. The highest BCUT2D eigenvalue weighted by atomic mass is 16.5. The van der Waals surface area contributed by atoms with E-state index in [9.17, 15) is 4.79 Å². The second-order valence-electron chi connectivity index (χ2n) is 7.62. The fourth-order valence-corrected chi connectivity index (χ4v) is 3.38. The molecule has 3 N–H and O–H groups in total. The van der Waals surface area contributed by atoms with Gasteiger partial charge in [0.05, 0.1) is 0 Å². The van der Waals surface area contributed by atoms with E-state index in [0.29, 0.717) is 12.2 Å². The molecule has 0 aliphatic heterocycles. The lowest BCUT2D eigenvalue weighted by atomic mass is 10.1. The zero-order chi connectivity index (χ0) is 23.3. The fourth-order valence-electron chi connectivity index (χ4n) is 3.38. The van der Waals surface area contributed by atoms with Crippen molar-refractivity contribution in [2.24, 2.45) is 4.99 Å². The summed E-state index contributed by atoms with van der Waals surface area (Å²) < 4.78 is 5.85. The Kier molecular flexibility index (Phi) is 9.33. The van der Waals surface area contributed by atoms with Gasteiger partial charge in [0.15, 0.2) is 5.96 Å². The first-order chi connectivity index (χ1) is 16.2. The van der Waals surface area contributed by atoms with Gasteiger partial charge in [0.25, 0.3) is 5.91 Å². The molecule has 0 spiro atoms. The number of benzene rings is 3. The van der Waals surface area contributed by atoms with E-state index in [4.69, 9.17) is 4.74 Å². The minimum Gasteiger partial charge on any atom is -0.489 e. The monoisotopic (exact) mass is 444 g/mol. The lowest BCUT2D eigenvalue weighted by molar-refractivity contribution is 0.0963. The van der Waals surface area contributed by atoms with Gasteiger partial charge in [-0.25, -0.2) is 0 Å². The minimum atomic E-state index is -0.0712. The van der Waals surface area contributed by atoms with Crippen LogP contribution in [0.5, 0.6) is 5.75 Å². The van der Waals surface area contributed by atoms with Crippen LogP contribution in [-0.4, -0.2) is 39.1 Å². The van der Waals surface area contributed by atoms with E-state index >= 15 is 0 Å². The van der Waals surface area contributed by atoms with Crippen molar-refractivity contribution < 1.29 is 9.53 Å². The molecular weight excluding hydrogens is 412 g/mol. The first kappa shape index (κ1) is 23.9. The van der Waals surface area contributed by atoms with Crippen LogP contribution in [0.1, 0.15) is 27.0 Å². The zero-order valence-electron chi connectivity index (χ0n) is 19.3. The van der Waals surface area contributed by atoms with Crippen molar-refractivity contribution in [3.05, 3.63) is 101 Å². The lowest BCUT2D eigenvalue weighted by Crippen LogP contribution is -2.39. The maximum atomic E-state index is 11.8.